The van der Waals surface area contributed by atoms with Crippen LogP contribution >= 0.6 is 11.6 Å². The SMILES string of the molecule is Cc1cc(Cl)ccc1C1=NOC(c2ccco2)C1. The molecule has 4 heteroatoms. The Hall–Kier alpha value is -1.74. The van der Waals surface area contributed by atoms with Gasteiger partial charge in [0.25, 0.3) is 0 Å². The molecule has 0 N–H and O–H groups in total. The van der Waals surface area contributed by atoms with E-state index in [-0.39, 0.29) is 6.10 Å². The third-order valence-corrected chi connectivity index (χ3v) is 3.26. The summed E-state index contributed by atoms with van der Waals surface area (Å²) in [5.74, 6) is 0.806. The number of halogens is 1. The van der Waals surface area contributed by atoms with Crippen LogP contribution in [0.15, 0.2) is 46.2 Å². The van der Waals surface area contributed by atoms with E-state index in [0.29, 0.717) is 0 Å². The summed E-state index contributed by atoms with van der Waals surface area (Å²) in [6.07, 6.45) is 2.24. The second-order valence-electron chi connectivity index (χ2n) is 4.31. The molecule has 1 aliphatic rings. The van der Waals surface area contributed by atoms with Crippen molar-refractivity contribution in [2.75, 3.05) is 0 Å². The number of nitrogens with zero attached hydrogens (tertiary/aromatic N) is 1. The summed E-state index contributed by atoms with van der Waals surface area (Å²) in [5, 5.41) is 4.88. The summed E-state index contributed by atoms with van der Waals surface area (Å²) in [6.45, 7) is 2.02. The third-order valence-electron chi connectivity index (χ3n) is 3.03. The monoisotopic (exact) mass is 261 g/mol. The van der Waals surface area contributed by atoms with Gasteiger partial charge in [-0.15, -0.1) is 0 Å². The van der Waals surface area contributed by atoms with Crippen molar-refractivity contribution >= 4 is 17.3 Å². The smallest absolute Gasteiger partial charge is 0.190 e. The molecule has 3 nitrogen and oxygen atoms in total. The number of hydrogen-bond acceptors (Lipinski definition) is 3. The predicted molar refractivity (Wildman–Crippen MR) is 69.9 cm³/mol. The first-order valence-electron chi connectivity index (χ1n) is 5.76. The lowest BCUT2D eigenvalue weighted by atomic mass is 10.00. The predicted octanol–water partition coefficient (Wildman–Crippen LogP) is 4.11. The van der Waals surface area contributed by atoms with E-state index in [1.54, 1.807) is 6.26 Å². The summed E-state index contributed by atoms with van der Waals surface area (Å²) >= 11 is 5.95. The molecule has 1 atom stereocenters. The molecule has 1 aromatic heterocycles. The highest BCUT2D eigenvalue weighted by Gasteiger charge is 2.26. The molecule has 0 saturated heterocycles. The number of rotatable bonds is 2. The van der Waals surface area contributed by atoms with Crippen LogP contribution in [0.25, 0.3) is 0 Å². The molecule has 2 heterocycles. The Bertz CT molecular complexity index is 590. The topological polar surface area (TPSA) is 34.7 Å². The average Bonchev–Trinajstić information content (AvgIpc) is 2.99. The van der Waals surface area contributed by atoms with Gasteiger partial charge in [-0.2, -0.15) is 0 Å². The molecule has 0 saturated carbocycles. The highest BCUT2D eigenvalue weighted by atomic mass is 35.5. The van der Waals surface area contributed by atoms with Crippen molar-refractivity contribution in [3.63, 3.8) is 0 Å². The highest BCUT2D eigenvalue weighted by molar-refractivity contribution is 6.30. The van der Waals surface area contributed by atoms with Gasteiger partial charge in [0, 0.05) is 17.0 Å². The first kappa shape index (κ1) is 11.4. The van der Waals surface area contributed by atoms with Crippen molar-refractivity contribution in [3.8, 4) is 0 Å². The summed E-state index contributed by atoms with van der Waals surface area (Å²) in [4.78, 5) is 5.41. The van der Waals surface area contributed by atoms with E-state index in [1.807, 2.05) is 37.3 Å². The maximum atomic E-state index is 5.95. The fraction of sp³-hybridized carbons (Fsp3) is 0.214. The van der Waals surface area contributed by atoms with Gasteiger partial charge >= 0.3 is 0 Å². The zero-order chi connectivity index (χ0) is 12.5. The Labute approximate surface area is 110 Å². The lowest BCUT2D eigenvalue weighted by molar-refractivity contribution is 0.0689. The van der Waals surface area contributed by atoms with Crippen molar-refractivity contribution < 1.29 is 9.25 Å². The lowest BCUT2D eigenvalue weighted by Gasteiger charge is -2.05. The number of oxime groups is 1. The van der Waals surface area contributed by atoms with Gasteiger partial charge in [-0.25, -0.2) is 0 Å². The van der Waals surface area contributed by atoms with Crippen LogP contribution in [0.4, 0.5) is 0 Å². The largest absolute Gasteiger partial charge is 0.465 e. The van der Waals surface area contributed by atoms with Gasteiger partial charge in [0.15, 0.2) is 6.10 Å². The number of hydrogen-bond donors (Lipinski definition) is 0. The van der Waals surface area contributed by atoms with Crippen LogP contribution in [-0.4, -0.2) is 5.71 Å². The molecule has 1 aromatic carbocycles. The highest BCUT2D eigenvalue weighted by Crippen LogP contribution is 2.30. The molecule has 0 bridgehead atoms. The molecule has 2 aromatic rings. The van der Waals surface area contributed by atoms with Crippen LogP contribution < -0.4 is 0 Å². The number of benzene rings is 1. The molecule has 18 heavy (non-hydrogen) atoms. The van der Waals surface area contributed by atoms with Gasteiger partial charge in [-0.1, -0.05) is 22.8 Å². The lowest BCUT2D eigenvalue weighted by Crippen LogP contribution is -2.02. The van der Waals surface area contributed by atoms with Gasteiger partial charge < -0.3 is 9.25 Å². The Morgan fingerprint density at radius 1 is 1.33 bits per heavy atom. The molecule has 0 radical (unpaired) electrons. The van der Waals surface area contributed by atoms with Gasteiger partial charge in [-0.3, -0.25) is 0 Å². The molecule has 0 fully saturated rings. The molecule has 92 valence electrons. The second-order valence-corrected chi connectivity index (χ2v) is 4.75. The van der Waals surface area contributed by atoms with E-state index in [4.69, 9.17) is 20.9 Å². The van der Waals surface area contributed by atoms with Crippen molar-refractivity contribution in [2.45, 2.75) is 19.4 Å². The van der Waals surface area contributed by atoms with Crippen molar-refractivity contribution in [1.29, 1.82) is 0 Å². The Morgan fingerprint density at radius 3 is 2.94 bits per heavy atom. The minimum absolute atomic E-state index is 0.120. The van der Waals surface area contributed by atoms with Crippen LogP contribution in [-0.2, 0) is 4.84 Å². The van der Waals surface area contributed by atoms with E-state index in [0.717, 1.165) is 34.0 Å². The van der Waals surface area contributed by atoms with Crippen molar-refractivity contribution in [2.24, 2.45) is 5.16 Å². The maximum Gasteiger partial charge on any atom is 0.190 e. The third kappa shape index (κ3) is 2.02. The minimum Gasteiger partial charge on any atom is -0.465 e. The molecule has 1 unspecified atom stereocenters. The maximum absolute atomic E-state index is 5.95. The van der Waals surface area contributed by atoms with E-state index in [2.05, 4.69) is 5.16 Å². The van der Waals surface area contributed by atoms with Crippen molar-refractivity contribution in [1.82, 2.24) is 0 Å². The molecular weight excluding hydrogens is 250 g/mol. The van der Waals surface area contributed by atoms with Gasteiger partial charge in [-0.05, 0) is 36.8 Å². The number of aryl methyl sites for hydroxylation is 1. The van der Waals surface area contributed by atoms with Crippen LogP contribution in [0.5, 0.6) is 0 Å². The molecule has 0 aliphatic carbocycles. The Morgan fingerprint density at radius 2 is 2.22 bits per heavy atom. The first-order chi connectivity index (χ1) is 8.74. The summed E-state index contributed by atoms with van der Waals surface area (Å²) in [6, 6.07) is 9.53. The zero-order valence-corrected chi connectivity index (χ0v) is 10.6. The van der Waals surface area contributed by atoms with Crippen LogP contribution in [0.1, 0.15) is 29.4 Å². The average molecular weight is 262 g/mol. The van der Waals surface area contributed by atoms with Gasteiger partial charge in [0.2, 0.25) is 0 Å². The fourth-order valence-corrected chi connectivity index (χ4v) is 2.34. The van der Waals surface area contributed by atoms with Crippen LogP contribution in [0.3, 0.4) is 0 Å². The van der Waals surface area contributed by atoms with E-state index < -0.39 is 0 Å². The second kappa shape index (κ2) is 4.50. The summed E-state index contributed by atoms with van der Waals surface area (Å²) in [7, 11) is 0. The van der Waals surface area contributed by atoms with E-state index >= 15 is 0 Å². The summed E-state index contributed by atoms with van der Waals surface area (Å²) in [5.41, 5.74) is 3.11. The Kier molecular flexibility index (Phi) is 2.84. The Balaban J connectivity index is 1.83. The normalized spacial score (nSPS) is 18.6. The van der Waals surface area contributed by atoms with Crippen LogP contribution in [0.2, 0.25) is 5.02 Å². The van der Waals surface area contributed by atoms with E-state index in [9.17, 15) is 0 Å². The quantitative estimate of drug-likeness (QED) is 0.815. The molecular formula is C14H12ClNO2. The van der Waals surface area contributed by atoms with Crippen molar-refractivity contribution in [3.05, 3.63) is 58.5 Å². The van der Waals surface area contributed by atoms with Gasteiger partial charge in [0.05, 0.1) is 12.0 Å². The molecule has 1 aliphatic heterocycles. The standard InChI is InChI=1S/C14H12ClNO2/c1-9-7-10(15)4-5-11(9)12-8-14(18-16-12)13-3-2-6-17-13/h2-7,14H,8H2,1H3. The molecule has 3 rings (SSSR count). The zero-order valence-electron chi connectivity index (χ0n) is 9.89. The first-order valence-corrected chi connectivity index (χ1v) is 6.14. The van der Waals surface area contributed by atoms with E-state index in [1.165, 1.54) is 0 Å². The molecule has 0 amide bonds. The fourth-order valence-electron chi connectivity index (χ4n) is 2.11. The molecule has 0 spiro atoms. The number of furan rings is 1. The summed E-state index contributed by atoms with van der Waals surface area (Å²) < 4.78 is 5.33. The van der Waals surface area contributed by atoms with Crippen LogP contribution in [0, 0.1) is 6.92 Å². The van der Waals surface area contributed by atoms with Gasteiger partial charge in [0.1, 0.15) is 5.76 Å². The minimum atomic E-state index is -0.120.